The second-order valence-electron chi connectivity index (χ2n) is 4.97. The van der Waals surface area contributed by atoms with E-state index >= 15 is 0 Å². The topological polar surface area (TPSA) is 20.2 Å². The van der Waals surface area contributed by atoms with Crippen LogP contribution in [0.5, 0.6) is 0 Å². The van der Waals surface area contributed by atoms with Crippen LogP contribution in [-0.4, -0.2) is 16.5 Å². The highest BCUT2D eigenvalue weighted by atomic mass is 32.2. The van der Waals surface area contributed by atoms with E-state index in [4.69, 9.17) is 0 Å². The molecule has 2 atom stereocenters. The monoisotopic (exact) mass is 236 g/mol. The largest absolute Gasteiger partial charge is 0.393 e. The van der Waals surface area contributed by atoms with Crippen molar-refractivity contribution < 1.29 is 5.11 Å². The van der Waals surface area contributed by atoms with E-state index in [-0.39, 0.29) is 6.10 Å². The number of aliphatic hydroxyl groups excluding tert-OH is 1. The van der Waals surface area contributed by atoms with Crippen molar-refractivity contribution in [2.75, 3.05) is 0 Å². The molecule has 0 heterocycles. The first-order valence-corrected chi connectivity index (χ1v) is 6.94. The third kappa shape index (κ3) is 2.80. The molecule has 1 nitrogen and oxygen atoms in total. The van der Waals surface area contributed by atoms with Crippen molar-refractivity contribution in [2.24, 2.45) is 11.8 Å². The highest BCUT2D eigenvalue weighted by molar-refractivity contribution is 8.00. The molecule has 2 rings (SSSR count). The third-order valence-corrected chi connectivity index (χ3v) is 4.74. The number of aliphatic hydroxyl groups is 1. The Bertz CT molecular complexity index is 313. The lowest BCUT2D eigenvalue weighted by atomic mass is 9.80. The molecule has 2 heteroatoms. The summed E-state index contributed by atoms with van der Waals surface area (Å²) in [5.74, 6) is 0.870. The molecule has 1 aromatic rings. The molecule has 1 N–H and O–H groups in total. The van der Waals surface area contributed by atoms with Gasteiger partial charge in [0.15, 0.2) is 0 Å². The van der Waals surface area contributed by atoms with Gasteiger partial charge in [0.05, 0.1) is 6.10 Å². The van der Waals surface area contributed by atoms with Crippen molar-refractivity contribution in [1.29, 1.82) is 0 Å². The Morgan fingerprint density at radius 3 is 2.19 bits per heavy atom. The van der Waals surface area contributed by atoms with E-state index in [9.17, 15) is 5.11 Å². The third-order valence-electron chi connectivity index (χ3n) is 3.48. The molecular formula is C14H20OS. The summed E-state index contributed by atoms with van der Waals surface area (Å²) in [6.45, 7) is 4.33. The lowest BCUT2D eigenvalue weighted by Crippen LogP contribution is -2.35. The van der Waals surface area contributed by atoms with Crippen LogP contribution in [0.15, 0.2) is 35.2 Å². The van der Waals surface area contributed by atoms with Gasteiger partial charge in [0.2, 0.25) is 0 Å². The summed E-state index contributed by atoms with van der Waals surface area (Å²) in [5.41, 5.74) is 0. The van der Waals surface area contributed by atoms with Gasteiger partial charge in [-0.15, -0.1) is 11.8 Å². The van der Waals surface area contributed by atoms with Gasteiger partial charge < -0.3 is 5.11 Å². The van der Waals surface area contributed by atoms with Crippen LogP contribution in [0.4, 0.5) is 0 Å². The lowest BCUT2D eigenvalue weighted by molar-refractivity contribution is 0.0357. The smallest absolute Gasteiger partial charge is 0.0592 e. The van der Waals surface area contributed by atoms with Crippen LogP contribution in [0, 0.1) is 11.8 Å². The summed E-state index contributed by atoms with van der Waals surface area (Å²) in [4.78, 5) is 1.35. The average molecular weight is 236 g/mol. The SMILES string of the molecule is CC1CC(Sc2ccccc2)CC(C)C1O. The fourth-order valence-corrected chi connectivity index (χ4v) is 4.05. The second kappa shape index (κ2) is 5.24. The number of hydrogen-bond donors (Lipinski definition) is 1. The average Bonchev–Trinajstić information content (AvgIpc) is 2.27. The summed E-state index contributed by atoms with van der Waals surface area (Å²) in [7, 11) is 0. The van der Waals surface area contributed by atoms with E-state index in [0.717, 1.165) is 12.8 Å². The van der Waals surface area contributed by atoms with Gasteiger partial charge in [-0.1, -0.05) is 32.0 Å². The van der Waals surface area contributed by atoms with Crippen molar-refractivity contribution in [3.8, 4) is 0 Å². The van der Waals surface area contributed by atoms with Crippen molar-refractivity contribution in [2.45, 2.75) is 42.9 Å². The first-order valence-electron chi connectivity index (χ1n) is 6.06. The Balaban J connectivity index is 1.97. The van der Waals surface area contributed by atoms with E-state index in [1.165, 1.54) is 4.90 Å². The molecule has 0 aliphatic heterocycles. The highest BCUT2D eigenvalue weighted by Gasteiger charge is 2.31. The predicted molar refractivity (Wildman–Crippen MR) is 69.7 cm³/mol. The number of hydrogen-bond acceptors (Lipinski definition) is 2. The summed E-state index contributed by atoms with van der Waals surface area (Å²) < 4.78 is 0. The predicted octanol–water partition coefficient (Wildman–Crippen LogP) is 3.57. The Hall–Kier alpha value is -0.470. The molecule has 1 aromatic carbocycles. The Morgan fingerprint density at radius 1 is 1.06 bits per heavy atom. The fraction of sp³-hybridized carbons (Fsp3) is 0.571. The van der Waals surface area contributed by atoms with Crippen molar-refractivity contribution in [3.63, 3.8) is 0 Å². The maximum Gasteiger partial charge on any atom is 0.0592 e. The molecule has 0 radical (unpaired) electrons. The fourth-order valence-electron chi connectivity index (χ4n) is 2.55. The van der Waals surface area contributed by atoms with Crippen molar-refractivity contribution in [3.05, 3.63) is 30.3 Å². The molecule has 1 aliphatic carbocycles. The summed E-state index contributed by atoms with van der Waals surface area (Å²) in [5, 5.41) is 10.6. The van der Waals surface area contributed by atoms with E-state index in [1.807, 2.05) is 11.8 Å². The van der Waals surface area contributed by atoms with Gasteiger partial charge in [0.25, 0.3) is 0 Å². The van der Waals surface area contributed by atoms with Crippen LogP contribution < -0.4 is 0 Å². The molecule has 88 valence electrons. The molecule has 2 unspecified atom stereocenters. The molecule has 1 aliphatic rings. The number of benzene rings is 1. The van der Waals surface area contributed by atoms with Gasteiger partial charge in [-0.25, -0.2) is 0 Å². The molecule has 0 spiro atoms. The zero-order valence-electron chi connectivity index (χ0n) is 9.97. The van der Waals surface area contributed by atoms with E-state index in [2.05, 4.69) is 44.2 Å². The Morgan fingerprint density at radius 2 is 1.62 bits per heavy atom. The lowest BCUT2D eigenvalue weighted by Gasteiger charge is -2.35. The molecule has 16 heavy (non-hydrogen) atoms. The van der Waals surface area contributed by atoms with Crippen molar-refractivity contribution in [1.82, 2.24) is 0 Å². The summed E-state index contributed by atoms with van der Waals surface area (Å²) >= 11 is 1.96. The van der Waals surface area contributed by atoms with Gasteiger partial charge in [0.1, 0.15) is 0 Å². The first kappa shape index (κ1) is 12.0. The number of thioether (sulfide) groups is 1. The zero-order valence-corrected chi connectivity index (χ0v) is 10.8. The molecule has 1 fully saturated rings. The molecule has 1 saturated carbocycles. The van der Waals surface area contributed by atoms with Crippen LogP contribution in [0.2, 0.25) is 0 Å². The van der Waals surface area contributed by atoms with E-state index < -0.39 is 0 Å². The standard InChI is InChI=1S/C14H20OS/c1-10-8-13(9-11(2)14(10)15)16-12-6-4-3-5-7-12/h3-7,10-11,13-15H,8-9H2,1-2H3. The van der Waals surface area contributed by atoms with Crippen LogP contribution in [0.25, 0.3) is 0 Å². The minimum atomic E-state index is -0.104. The van der Waals surface area contributed by atoms with Gasteiger partial charge in [-0.3, -0.25) is 0 Å². The minimum Gasteiger partial charge on any atom is -0.393 e. The molecule has 0 bridgehead atoms. The summed E-state index contributed by atoms with van der Waals surface area (Å²) in [6.07, 6.45) is 2.16. The first-order chi connectivity index (χ1) is 7.66. The molecule has 0 amide bonds. The Kier molecular flexibility index (Phi) is 3.93. The quantitative estimate of drug-likeness (QED) is 0.847. The van der Waals surface area contributed by atoms with Gasteiger partial charge in [-0.05, 0) is 36.8 Å². The van der Waals surface area contributed by atoms with Crippen LogP contribution in [0.1, 0.15) is 26.7 Å². The Labute approximate surface area is 102 Å². The van der Waals surface area contributed by atoms with Crippen LogP contribution in [-0.2, 0) is 0 Å². The van der Waals surface area contributed by atoms with Crippen LogP contribution in [0.3, 0.4) is 0 Å². The van der Waals surface area contributed by atoms with Gasteiger partial charge in [0, 0.05) is 10.1 Å². The maximum absolute atomic E-state index is 9.92. The molecular weight excluding hydrogens is 216 g/mol. The number of rotatable bonds is 2. The second-order valence-corrected chi connectivity index (χ2v) is 6.34. The maximum atomic E-state index is 9.92. The van der Waals surface area contributed by atoms with Crippen LogP contribution >= 0.6 is 11.8 Å². The minimum absolute atomic E-state index is 0.104. The van der Waals surface area contributed by atoms with Crippen molar-refractivity contribution >= 4 is 11.8 Å². The molecule has 0 saturated heterocycles. The molecule has 0 aromatic heterocycles. The zero-order chi connectivity index (χ0) is 11.5. The van der Waals surface area contributed by atoms with Gasteiger partial charge >= 0.3 is 0 Å². The summed E-state index contributed by atoms with van der Waals surface area (Å²) in [6, 6.07) is 10.6. The van der Waals surface area contributed by atoms with Gasteiger partial charge in [-0.2, -0.15) is 0 Å². The highest BCUT2D eigenvalue weighted by Crippen LogP contribution is 2.38. The van der Waals surface area contributed by atoms with E-state index in [0.29, 0.717) is 17.1 Å². The van der Waals surface area contributed by atoms with E-state index in [1.54, 1.807) is 0 Å². The normalized spacial score (nSPS) is 34.9.